The van der Waals surface area contributed by atoms with Crippen molar-refractivity contribution in [2.75, 3.05) is 19.7 Å². The summed E-state index contributed by atoms with van der Waals surface area (Å²) < 4.78 is 13.2. The first kappa shape index (κ1) is 26.2. The first-order valence-electron chi connectivity index (χ1n) is 12.4. The Morgan fingerprint density at radius 3 is 2.35 bits per heavy atom. The second-order valence-corrected chi connectivity index (χ2v) is 11.4. The first-order chi connectivity index (χ1) is 15.8. The van der Waals surface area contributed by atoms with E-state index in [1.54, 1.807) is 4.90 Å². The van der Waals surface area contributed by atoms with Crippen molar-refractivity contribution >= 4 is 22.8 Å². The number of aryl methyl sites for hydroxylation is 1. The number of ketones is 1. The van der Waals surface area contributed by atoms with Crippen LogP contribution in [0.5, 0.6) is 0 Å². The second kappa shape index (κ2) is 10.5. The average molecular weight is 472 g/mol. The van der Waals surface area contributed by atoms with Gasteiger partial charge in [-0.3, -0.25) is 9.48 Å². The van der Waals surface area contributed by atoms with E-state index in [1.165, 1.54) is 0 Å². The number of hydrogen-bond donors (Lipinski definition) is 0. The molecule has 188 valence electrons. The van der Waals surface area contributed by atoms with E-state index in [-0.39, 0.29) is 17.5 Å². The van der Waals surface area contributed by atoms with Gasteiger partial charge in [0, 0.05) is 49.8 Å². The van der Waals surface area contributed by atoms with E-state index in [1.807, 2.05) is 65.3 Å². The molecule has 0 spiro atoms. The fraction of sp³-hybridized carbons (Fsp3) is 0.667. The van der Waals surface area contributed by atoms with Crippen LogP contribution in [0, 0.1) is 12.8 Å². The predicted octanol–water partition coefficient (Wildman–Crippen LogP) is 5.77. The van der Waals surface area contributed by atoms with Gasteiger partial charge in [0.2, 0.25) is 0 Å². The minimum atomic E-state index is -0.471. The third-order valence-corrected chi connectivity index (χ3v) is 6.10. The zero-order chi connectivity index (χ0) is 25.1. The van der Waals surface area contributed by atoms with Crippen LogP contribution < -0.4 is 0 Å². The molecule has 0 N–H and O–H groups in total. The Bertz CT molecular complexity index is 1010. The molecule has 0 radical (unpaired) electrons. The maximum Gasteiger partial charge on any atom is 0.410 e. The molecule has 7 nitrogen and oxygen atoms in total. The number of rotatable bonds is 7. The smallest absolute Gasteiger partial charge is 0.410 e. The highest BCUT2D eigenvalue weighted by Crippen LogP contribution is 2.25. The highest BCUT2D eigenvalue weighted by Gasteiger charge is 2.27. The number of hydrogen-bond acceptors (Lipinski definition) is 5. The van der Waals surface area contributed by atoms with E-state index in [9.17, 15) is 9.59 Å². The topological polar surface area (TPSA) is 73.7 Å². The lowest BCUT2D eigenvalue weighted by molar-refractivity contribution is -0.00431. The minimum absolute atomic E-state index is 0.152. The highest BCUT2D eigenvalue weighted by molar-refractivity contribution is 6.01. The van der Waals surface area contributed by atoms with Gasteiger partial charge in [0.05, 0.1) is 11.1 Å². The molecule has 1 amide bonds. The van der Waals surface area contributed by atoms with Gasteiger partial charge in [0.15, 0.2) is 5.78 Å². The van der Waals surface area contributed by atoms with Crippen molar-refractivity contribution in [2.45, 2.75) is 91.9 Å². The van der Waals surface area contributed by atoms with Crippen LogP contribution in [0.1, 0.15) is 83.1 Å². The van der Waals surface area contributed by atoms with E-state index < -0.39 is 5.60 Å². The molecule has 34 heavy (non-hydrogen) atoms. The lowest BCUT2D eigenvalue weighted by Gasteiger charge is -2.33. The van der Waals surface area contributed by atoms with Gasteiger partial charge in [-0.2, -0.15) is 5.10 Å². The van der Waals surface area contributed by atoms with E-state index in [2.05, 4.69) is 6.20 Å². The van der Waals surface area contributed by atoms with Crippen LogP contribution >= 0.6 is 0 Å². The number of piperidine rings is 1. The van der Waals surface area contributed by atoms with Gasteiger partial charge >= 0.3 is 6.09 Å². The van der Waals surface area contributed by atoms with Gasteiger partial charge in [0.1, 0.15) is 5.60 Å². The van der Waals surface area contributed by atoms with Crippen LogP contribution in [0.4, 0.5) is 4.79 Å². The Labute approximate surface area is 203 Å². The zero-order valence-electron chi connectivity index (χ0n) is 21.9. The molecule has 1 saturated heterocycles. The SMILES string of the molecule is Cc1c(C(=O)CCCOC(C)(C)C)ccc2nn(CC3CCN(C(=O)OC(C)(C)C)CC3)cc12. The van der Waals surface area contributed by atoms with Crippen molar-refractivity contribution in [1.82, 2.24) is 14.7 Å². The fourth-order valence-corrected chi connectivity index (χ4v) is 4.31. The number of nitrogens with zero attached hydrogens (tertiary/aromatic N) is 3. The third kappa shape index (κ3) is 7.29. The molecular weight excluding hydrogens is 430 g/mol. The summed E-state index contributed by atoms with van der Waals surface area (Å²) in [5.74, 6) is 0.608. The molecular formula is C27H41N3O4. The Hall–Kier alpha value is -2.41. The second-order valence-electron chi connectivity index (χ2n) is 11.4. The van der Waals surface area contributed by atoms with Crippen molar-refractivity contribution < 1.29 is 19.1 Å². The Morgan fingerprint density at radius 1 is 1.06 bits per heavy atom. The molecule has 2 heterocycles. The number of likely N-dealkylation sites (tertiary alicyclic amines) is 1. The quantitative estimate of drug-likeness (QED) is 0.379. The standard InChI is InChI=1S/C27H41N3O4/c1-19-21(24(31)9-8-16-33-26(2,3)4)10-11-23-22(19)18-30(28-23)17-20-12-14-29(15-13-20)25(32)34-27(5,6)7/h10-11,18,20H,8-9,12-17H2,1-7H3. The van der Waals surface area contributed by atoms with Crippen molar-refractivity contribution in [2.24, 2.45) is 5.92 Å². The number of carbonyl (C=O) groups excluding carboxylic acids is 2. The Balaban J connectivity index is 1.57. The third-order valence-electron chi connectivity index (χ3n) is 6.10. The maximum absolute atomic E-state index is 12.8. The van der Waals surface area contributed by atoms with Crippen LogP contribution in [0.15, 0.2) is 18.3 Å². The van der Waals surface area contributed by atoms with E-state index in [0.717, 1.165) is 47.8 Å². The summed E-state index contributed by atoms with van der Waals surface area (Å²) in [6, 6.07) is 3.85. The summed E-state index contributed by atoms with van der Waals surface area (Å²) in [5, 5.41) is 5.78. The van der Waals surface area contributed by atoms with Gasteiger partial charge in [-0.25, -0.2) is 4.79 Å². The number of aromatic nitrogens is 2. The molecule has 2 aromatic rings. The van der Waals surface area contributed by atoms with Crippen LogP contribution in [-0.2, 0) is 16.0 Å². The average Bonchev–Trinajstić information content (AvgIpc) is 3.13. The molecule has 0 unspecified atom stereocenters. The molecule has 0 bridgehead atoms. The Morgan fingerprint density at radius 2 is 1.74 bits per heavy atom. The fourth-order valence-electron chi connectivity index (χ4n) is 4.31. The predicted molar refractivity (Wildman–Crippen MR) is 134 cm³/mol. The van der Waals surface area contributed by atoms with E-state index >= 15 is 0 Å². The van der Waals surface area contributed by atoms with E-state index in [0.29, 0.717) is 32.0 Å². The summed E-state index contributed by atoms with van der Waals surface area (Å²) in [6.07, 6.45) is 4.88. The summed E-state index contributed by atoms with van der Waals surface area (Å²) >= 11 is 0. The molecule has 1 fully saturated rings. The van der Waals surface area contributed by atoms with Crippen LogP contribution in [0.3, 0.4) is 0 Å². The van der Waals surface area contributed by atoms with Crippen LogP contribution in [-0.4, -0.2) is 57.5 Å². The lowest BCUT2D eigenvalue weighted by atomic mass is 9.97. The molecule has 1 aromatic carbocycles. The van der Waals surface area contributed by atoms with E-state index in [4.69, 9.17) is 14.6 Å². The molecule has 3 rings (SSSR count). The number of Topliss-reactive ketones (excluding diaryl/α,β-unsaturated/α-hetero) is 1. The molecule has 7 heteroatoms. The van der Waals surface area contributed by atoms with Crippen LogP contribution in [0.2, 0.25) is 0 Å². The van der Waals surface area contributed by atoms with Gasteiger partial charge < -0.3 is 14.4 Å². The summed E-state index contributed by atoms with van der Waals surface area (Å²) in [7, 11) is 0. The first-order valence-corrected chi connectivity index (χ1v) is 12.4. The van der Waals surface area contributed by atoms with Gasteiger partial charge in [0.25, 0.3) is 0 Å². The van der Waals surface area contributed by atoms with Crippen molar-refractivity contribution in [3.05, 3.63) is 29.5 Å². The highest BCUT2D eigenvalue weighted by atomic mass is 16.6. The lowest BCUT2D eigenvalue weighted by Crippen LogP contribution is -2.42. The largest absolute Gasteiger partial charge is 0.444 e. The van der Waals surface area contributed by atoms with Crippen molar-refractivity contribution in [3.8, 4) is 0 Å². The number of amides is 1. The maximum atomic E-state index is 12.8. The molecule has 1 aliphatic rings. The number of fused-ring (bicyclic) bond motifs is 1. The van der Waals surface area contributed by atoms with Gasteiger partial charge in [-0.1, -0.05) is 0 Å². The molecule has 1 aliphatic heterocycles. The summed E-state index contributed by atoms with van der Waals surface area (Å²) in [5.41, 5.74) is 2.02. The van der Waals surface area contributed by atoms with Gasteiger partial charge in [-0.05, 0) is 91.3 Å². The van der Waals surface area contributed by atoms with Crippen LogP contribution in [0.25, 0.3) is 10.9 Å². The molecule has 1 aromatic heterocycles. The number of carbonyl (C=O) groups is 2. The zero-order valence-corrected chi connectivity index (χ0v) is 21.9. The van der Waals surface area contributed by atoms with Crippen molar-refractivity contribution in [1.29, 1.82) is 0 Å². The monoisotopic (exact) mass is 471 g/mol. The minimum Gasteiger partial charge on any atom is -0.444 e. The summed E-state index contributed by atoms with van der Waals surface area (Å²) in [4.78, 5) is 26.9. The number of ether oxygens (including phenoxy) is 2. The normalized spacial score (nSPS) is 15.7. The molecule has 0 atom stereocenters. The Kier molecular flexibility index (Phi) is 8.06. The number of benzene rings is 1. The van der Waals surface area contributed by atoms with Crippen molar-refractivity contribution in [3.63, 3.8) is 0 Å². The molecule has 0 aliphatic carbocycles. The van der Waals surface area contributed by atoms with Gasteiger partial charge in [-0.15, -0.1) is 0 Å². The summed E-state index contributed by atoms with van der Waals surface area (Å²) in [6.45, 7) is 16.6. The molecule has 0 saturated carbocycles.